The van der Waals surface area contributed by atoms with Gasteiger partial charge in [-0.1, -0.05) is 0 Å². The minimum atomic E-state index is 0.629. The van der Waals surface area contributed by atoms with Crippen molar-refractivity contribution in [2.75, 3.05) is 6.54 Å². The zero-order valence-electron chi connectivity index (χ0n) is 7.97. The van der Waals surface area contributed by atoms with Gasteiger partial charge in [0.25, 0.3) is 0 Å². The summed E-state index contributed by atoms with van der Waals surface area (Å²) in [5, 5.41) is 10.4. The van der Waals surface area contributed by atoms with Crippen molar-refractivity contribution in [3.05, 3.63) is 28.4 Å². The number of H-pyrrole nitrogens is 1. The van der Waals surface area contributed by atoms with E-state index in [1.165, 1.54) is 6.21 Å². The lowest BCUT2D eigenvalue weighted by molar-refractivity contribution is 0.891. The summed E-state index contributed by atoms with van der Waals surface area (Å²) in [7, 11) is 0. The predicted octanol–water partition coefficient (Wildman–Crippen LogP) is 1.82. The Morgan fingerprint density at radius 1 is 1.79 bits per heavy atom. The fourth-order valence-electron chi connectivity index (χ4n) is 1.04. The number of rotatable bonds is 5. The standard InChI is InChI=1S/C9H13BrN4/c1-2-12-9(10)7(6-11)5-8-13-3-4-14-8/h3-4,6,11-12H,2,5H2,1H3,(H,13,14)/b9-7-,11-6?. The third-order valence-corrected chi connectivity index (χ3v) is 2.49. The van der Waals surface area contributed by atoms with Crippen LogP contribution in [0.4, 0.5) is 0 Å². The Morgan fingerprint density at radius 2 is 2.57 bits per heavy atom. The molecule has 0 aliphatic heterocycles. The molecule has 1 rings (SSSR count). The van der Waals surface area contributed by atoms with Crippen LogP contribution in [0.15, 0.2) is 22.6 Å². The molecule has 14 heavy (non-hydrogen) atoms. The van der Waals surface area contributed by atoms with Crippen LogP contribution in [-0.4, -0.2) is 22.7 Å². The van der Waals surface area contributed by atoms with E-state index in [-0.39, 0.29) is 0 Å². The molecule has 0 unspecified atom stereocenters. The highest BCUT2D eigenvalue weighted by atomic mass is 79.9. The molecule has 0 saturated heterocycles. The summed E-state index contributed by atoms with van der Waals surface area (Å²) < 4.78 is 0.853. The third-order valence-electron chi connectivity index (χ3n) is 1.70. The van der Waals surface area contributed by atoms with Gasteiger partial charge in [0.2, 0.25) is 0 Å². The normalized spacial score (nSPS) is 12.1. The zero-order chi connectivity index (χ0) is 10.4. The van der Waals surface area contributed by atoms with Gasteiger partial charge >= 0.3 is 0 Å². The smallest absolute Gasteiger partial charge is 0.110 e. The van der Waals surface area contributed by atoms with E-state index in [0.717, 1.165) is 22.5 Å². The quantitative estimate of drug-likeness (QED) is 0.556. The van der Waals surface area contributed by atoms with Gasteiger partial charge in [-0.3, -0.25) is 0 Å². The molecule has 0 atom stereocenters. The third kappa shape index (κ3) is 2.99. The molecule has 1 aromatic rings. The first kappa shape index (κ1) is 11.0. The molecule has 0 aliphatic rings. The first-order chi connectivity index (χ1) is 6.77. The largest absolute Gasteiger partial charge is 0.379 e. The predicted molar refractivity (Wildman–Crippen MR) is 60.7 cm³/mol. The fourth-order valence-corrected chi connectivity index (χ4v) is 1.57. The average molecular weight is 257 g/mol. The second-order valence-corrected chi connectivity index (χ2v) is 3.52. The van der Waals surface area contributed by atoms with E-state index in [9.17, 15) is 0 Å². The van der Waals surface area contributed by atoms with Crippen LogP contribution < -0.4 is 5.32 Å². The van der Waals surface area contributed by atoms with Crippen LogP contribution in [0.5, 0.6) is 0 Å². The Kier molecular flexibility index (Phi) is 4.39. The first-order valence-electron chi connectivity index (χ1n) is 4.39. The average Bonchev–Trinajstić information content (AvgIpc) is 2.66. The topological polar surface area (TPSA) is 64.6 Å². The van der Waals surface area contributed by atoms with E-state index in [4.69, 9.17) is 5.41 Å². The van der Waals surface area contributed by atoms with Crippen molar-refractivity contribution < 1.29 is 0 Å². The summed E-state index contributed by atoms with van der Waals surface area (Å²) in [5.41, 5.74) is 0.877. The van der Waals surface area contributed by atoms with Crippen molar-refractivity contribution in [3.8, 4) is 0 Å². The molecule has 0 saturated carbocycles. The molecule has 0 spiro atoms. The SMILES string of the molecule is CCN/C(Br)=C(\C=N)Cc1ncc[nH]1. The maximum absolute atomic E-state index is 7.28. The van der Waals surface area contributed by atoms with Crippen LogP contribution >= 0.6 is 15.9 Å². The van der Waals surface area contributed by atoms with Crippen LogP contribution in [0.2, 0.25) is 0 Å². The monoisotopic (exact) mass is 256 g/mol. The number of imidazole rings is 1. The van der Waals surface area contributed by atoms with Crippen molar-refractivity contribution in [3.63, 3.8) is 0 Å². The van der Waals surface area contributed by atoms with Crippen LogP contribution in [0.3, 0.4) is 0 Å². The van der Waals surface area contributed by atoms with Crippen molar-refractivity contribution in [2.45, 2.75) is 13.3 Å². The summed E-state index contributed by atoms with van der Waals surface area (Å²) in [6.45, 7) is 2.84. The molecule has 0 bridgehead atoms. The Hall–Kier alpha value is -1.10. The number of nitrogens with zero attached hydrogens (tertiary/aromatic N) is 1. The van der Waals surface area contributed by atoms with E-state index in [2.05, 4.69) is 31.2 Å². The Morgan fingerprint density at radius 3 is 3.07 bits per heavy atom. The maximum atomic E-state index is 7.28. The number of aromatic amines is 1. The number of halogens is 1. The number of nitrogens with one attached hydrogen (secondary N) is 3. The number of hydrogen-bond donors (Lipinski definition) is 3. The molecular weight excluding hydrogens is 244 g/mol. The Labute approximate surface area is 91.5 Å². The summed E-state index contributed by atoms with van der Waals surface area (Å²) in [4.78, 5) is 7.11. The van der Waals surface area contributed by atoms with Gasteiger partial charge in [0, 0.05) is 37.1 Å². The van der Waals surface area contributed by atoms with E-state index in [1.807, 2.05) is 6.92 Å². The van der Waals surface area contributed by atoms with Crippen molar-refractivity contribution in [1.29, 1.82) is 5.41 Å². The molecule has 0 aromatic carbocycles. The van der Waals surface area contributed by atoms with Gasteiger partial charge in [0.15, 0.2) is 0 Å². The second kappa shape index (κ2) is 5.59. The highest BCUT2D eigenvalue weighted by molar-refractivity contribution is 9.11. The van der Waals surface area contributed by atoms with Gasteiger partial charge in [-0.05, 0) is 22.9 Å². The molecule has 0 amide bonds. The van der Waals surface area contributed by atoms with E-state index in [1.54, 1.807) is 12.4 Å². The lowest BCUT2D eigenvalue weighted by Crippen LogP contribution is -2.11. The molecule has 76 valence electrons. The van der Waals surface area contributed by atoms with E-state index < -0.39 is 0 Å². The van der Waals surface area contributed by atoms with Crippen LogP contribution in [0.1, 0.15) is 12.7 Å². The summed E-state index contributed by atoms with van der Waals surface area (Å²) in [6, 6.07) is 0. The minimum absolute atomic E-state index is 0.629. The van der Waals surface area contributed by atoms with Gasteiger partial charge < -0.3 is 15.7 Å². The number of allylic oxidation sites excluding steroid dienone is 1. The minimum Gasteiger partial charge on any atom is -0.379 e. The highest BCUT2D eigenvalue weighted by Gasteiger charge is 2.03. The van der Waals surface area contributed by atoms with Crippen LogP contribution in [-0.2, 0) is 6.42 Å². The Balaban J connectivity index is 2.72. The molecular formula is C9H13BrN4. The molecule has 0 fully saturated rings. The number of hydrogen-bond acceptors (Lipinski definition) is 3. The molecule has 4 nitrogen and oxygen atoms in total. The van der Waals surface area contributed by atoms with Gasteiger partial charge in [-0.15, -0.1) is 0 Å². The molecule has 1 aromatic heterocycles. The molecule has 0 radical (unpaired) electrons. The fraction of sp³-hybridized carbons (Fsp3) is 0.333. The van der Waals surface area contributed by atoms with E-state index in [0.29, 0.717) is 6.42 Å². The van der Waals surface area contributed by atoms with Crippen molar-refractivity contribution >= 4 is 22.1 Å². The van der Waals surface area contributed by atoms with Crippen molar-refractivity contribution in [1.82, 2.24) is 15.3 Å². The maximum Gasteiger partial charge on any atom is 0.110 e. The second-order valence-electron chi connectivity index (χ2n) is 2.73. The van der Waals surface area contributed by atoms with Crippen LogP contribution in [0.25, 0.3) is 0 Å². The lowest BCUT2D eigenvalue weighted by atomic mass is 10.2. The van der Waals surface area contributed by atoms with Gasteiger partial charge in [0.1, 0.15) is 5.82 Å². The highest BCUT2D eigenvalue weighted by Crippen LogP contribution is 2.10. The molecule has 0 aliphatic carbocycles. The van der Waals surface area contributed by atoms with Crippen molar-refractivity contribution in [2.24, 2.45) is 0 Å². The first-order valence-corrected chi connectivity index (χ1v) is 5.18. The van der Waals surface area contributed by atoms with Gasteiger partial charge in [-0.25, -0.2) is 4.98 Å². The lowest BCUT2D eigenvalue weighted by Gasteiger charge is -2.05. The summed E-state index contributed by atoms with van der Waals surface area (Å²) in [5.74, 6) is 0.860. The van der Waals surface area contributed by atoms with Crippen LogP contribution in [0, 0.1) is 5.41 Å². The summed E-state index contributed by atoms with van der Waals surface area (Å²) >= 11 is 3.39. The molecule has 3 N–H and O–H groups in total. The van der Waals surface area contributed by atoms with E-state index >= 15 is 0 Å². The van der Waals surface area contributed by atoms with Gasteiger partial charge in [0.05, 0.1) is 4.61 Å². The Bertz CT molecular complexity index is 316. The number of aromatic nitrogens is 2. The zero-order valence-corrected chi connectivity index (χ0v) is 9.56. The summed E-state index contributed by atoms with van der Waals surface area (Å²) in [6.07, 6.45) is 5.44. The van der Waals surface area contributed by atoms with Gasteiger partial charge in [-0.2, -0.15) is 0 Å². The molecule has 5 heteroatoms. The molecule has 1 heterocycles.